The Morgan fingerprint density at radius 1 is 1.10 bits per heavy atom. The second kappa shape index (κ2) is 6.50. The van der Waals surface area contributed by atoms with Crippen molar-refractivity contribution in [1.82, 2.24) is 5.32 Å². The number of nitrogens with one attached hydrogen (secondary N) is 1. The number of hydrogen-bond donors (Lipinski definition) is 2. The Balaban J connectivity index is 1.46. The molecule has 1 aromatic rings. The van der Waals surface area contributed by atoms with Crippen molar-refractivity contribution >= 4 is 0 Å². The third kappa shape index (κ3) is 3.67. The highest BCUT2D eigenvalue weighted by atomic mass is 16.3. The molecule has 2 nitrogen and oxygen atoms in total. The number of aliphatic hydroxyl groups is 1. The summed E-state index contributed by atoms with van der Waals surface area (Å²) in [6, 6.07) is 9.35. The summed E-state index contributed by atoms with van der Waals surface area (Å²) >= 11 is 0. The molecule has 21 heavy (non-hydrogen) atoms. The average Bonchev–Trinajstić information content (AvgIpc) is 2.64. The lowest BCUT2D eigenvalue weighted by atomic mass is 9.74. The van der Waals surface area contributed by atoms with Crippen LogP contribution < -0.4 is 5.32 Å². The predicted molar refractivity (Wildman–Crippen MR) is 87.6 cm³/mol. The third-order valence-electron chi connectivity index (χ3n) is 5.52. The van der Waals surface area contributed by atoms with E-state index in [-0.39, 0.29) is 0 Å². The second-order valence-corrected chi connectivity index (χ2v) is 7.24. The van der Waals surface area contributed by atoms with E-state index in [4.69, 9.17) is 0 Å². The molecular weight excluding hydrogens is 258 g/mol. The first-order chi connectivity index (χ1) is 10.2. The van der Waals surface area contributed by atoms with E-state index in [0.29, 0.717) is 12.0 Å². The Labute approximate surface area is 129 Å². The Morgan fingerprint density at radius 2 is 1.76 bits per heavy atom. The topological polar surface area (TPSA) is 32.3 Å². The standard InChI is InChI=1S/C19H29NO/c1-15-8-4-5-9-18(15)16-12-17(13-16)20-14-19(21)10-6-2-3-7-11-19/h4-5,8-9,16-17,20-21H,2-3,6-7,10-14H2,1H3. The zero-order valence-corrected chi connectivity index (χ0v) is 13.3. The molecule has 2 N–H and O–H groups in total. The summed E-state index contributed by atoms with van der Waals surface area (Å²) < 4.78 is 0. The molecular formula is C19H29NO. The van der Waals surface area contributed by atoms with Gasteiger partial charge in [-0.3, -0.25) is 0 Å². The van der Waals surface area contributed by atoms with Crippen molar-refractivity contribution < 1.29 is 5.11 Å². The van der Waals surface area contributed by atoms with Crippen LogP contribution in [0.4, 0.5) is 0 Å². The third-order valence-corrected chi connectivity index (χ3v) is 5.52. The van der Waals surface area contributed by atoms with Gasteiger partial charge in [-0.15, -0.1) is 0 Å². The molecule has 3 rings (SSSR count). The smallest absolute Gasteiger partial charge is 0.0771 e. The van der Waals surface area contributed by atoms with Gasteiger partial charge in [0.2, 0.25) is 0 Å². The minimum Gasteiger partial charge on any atom is -0.389 e. The van der Waals surface area contributed by atoms with Crippen molar-refractivity contribution in [3.63, 3.8) is 0 Å². The molecule has 0 radical (unpaired) electrons. The fourth-order valence-electron chi connectivity index (χ4n) is 3.98. The van der Waals surface area contributed by atoms with E-state index in [1.807, 2.05) is 0 Å². The van der Waals surface area contributed by atoms with Crippen LogP contribution in [0.3, 0.4) is 0 Å². The minimum atomic E-state index is -0.440. The molecule has 2 saturated carbocycles. The first kappa shape index (κ1) is 15.1. The van der Waals surface area contributed by atoms with Gasteiger partial charge < -0.3 is 10.4 Å². The zero-order valence-electron chi connectivity index (χ0n) is 13.3. The highest BCUT2D eigenvalue weighted by Gasteiger charge is 2.34. The summed E-state index contributed by atoms with van der Waals surface area (Å²) in [5, 5.41) is 14.3. The summed E-state index contributed by atoms with van der Waals surface area (Å²) in [7, 11) is 0. The van der Waals surface area contributed by atoms with Gasteiger partial charge in [0.25, 0.3) is 0 Å². The summed E-state index contributed by atoms with van der Waals surface area (Å²) in [6.07, 6.45) is 9.37. The first-order valence-electron chi connectivity index (χ1n) is 8.68. The van der Waals surface area contributed by atoms with E-state index >= 15 is 0 Å². The molecule has 116 valence electrons. The molecule has 0 amide bonds. The van der Waals surface area contributed by atoms with Gasteiger partial charge >= 0.3 is 0 Å². The van der Waals surface area contributed by atoms with Gasteiger partial charge in [-0.25, -0.2) is 0 Å². The van der Waals surface area contributed by atoms with Gasteiger partial charge in [-0.05, 0) is 49.7 Å². The normalized spacial score (nSPS) is 28.7. The summed E-state index contributed by atoms with van der Waals surface area (Å²) in [4.78, 5) is 0. The van der Waals surface area contributed by atoms with E-state index in [9.17, 15) is 5.11 Å². The Hall–Kier alpha value is -0.860. The lowest BCUT2D eigenvalue weighted by Crippen LogP contribution is -2.48. The molecule has 2 aliphatic rings. The molecule has 0 atom stereocenters. The van der Waals surface area contributed by atoms with E-state index < -0.39 is 5.60 Å². The van der Waals surface area contributed by atoms with E-state index in [1.54, 1.807) is 0 Å². The molecule has 0 unspecified atom stereocenters. The van der Waals surface area contributed by atoms with E-state index in [2.05, 4.69) is 36.5 Å². The average molecular weight is 287 g/mol. The molecule has 0 bridgehead atoms. The molecule has 2 aliphatic carbocycles. The molecule has 0 heterocycles. The fraction of sp³-hybridized carbons (Fsp3) is 0.684. The SMILES string of the molecule is Cc1ccccc1C1CC(NCC2(O)CCCCCC2)C1. The Morgan fingerprint density at radius 3 is 2.43 bits per heavy atom. The molecule has 2 fully saturated rings. The van der Waals surface area contributed by atoms with Crippen molar-refractivity contribution in [2.75, 3.05) is 6.54 Å². The molecule has 0 aromatic heterocycles. The van der Waals surface area contributed by atoms with Crippen LogP contribution in [0.1, 0.15) is 68.4 Å². The number of hydrogen-bond acceptors (Lipinski definition) is 2. The lowest BCUT2D eigenvalue weighted by molar-refractivity contribution is 0.0191. The van der Waals surface area contributed by atoms with Crippen LogP contribution in [0, 0.1) is 6.92 Å². The molecule has 1 aromatic carbocycles. The molecule has 0 aliphatic heterocycles. The van der Waals surface area contributed by atoms with Crippen LogP contribution in [0.15, 0.2) is 24.3 Å². The highest BCUT2D eigenvalue weighted by molar-refractivity contribution is 5.31. The highest BCUT2D eigenvalue weighted by Crippen LogP contribution is 2.38. The first-order valence-corrected chi connectivity index (χ1v) is 8.68. The zero-order chi connectivity index (χ0) is 14.7. The van der Waals surface area contributed by atoms with Crippen LogP contribution in [0.2, 0.25) is 0 Å². The van der Waals surface area contributed by atoms with Crippen LogP contribution >= 0.6 is 0 Å². The Bertz CT molecular complexity index is 456. The summed E-state index contributed by atoms with van der Waals surface area (Å²) in [5.74, 6) is 0.715. The predicted octanol–water partition coefficient (Wildman–Crippen LogP) is 3.92. The van der Waals surface area contributed by atoms with Crippen LogP contribution in [0.5, 0.6) is 0 Å². The van der Waals surface area contributed by atoms with Crippen molar-refractivity contribution in [2.24, 2.45) is 0 Å². The van der Waals surface area contributed by atoms with Crippen molar-refractivity contribution in [2.45, 2.75) is 75.9 Å². The molecule has 0 saturated heterocycles. The van der Waals surface area contributed by atoms with E-state index in [1.165, 1.54) is 49.7 Å². The van der Waals surface area contributed by atoms with E-state index in [0.717, 1.165) is 19.4 Å². The lowest BCUT2D eigenvalue weighted by Gasteiger charge is -2.39. The maximum absolute atomic E-state index is 10.7. The maximum Gasteiger partial charge on any atom is 0.0771 e. The van der Waals surface area contributed by atoms with Gasteiger partial charge in [-0.2, -0.15) is 0 Å². The molecule has 0 spiro atoms. The minimum absolute atomic E-state index is 0.440. The fourth-order valence-corrected chi connectivity index (χ4v) is 3.98. The summed E-state index contributed by atoms with van der Waals surface area (Å²) in [5.41, 5.74) is 2.50. The van der Waals surface area contributed by atoms with Crippen molar-refractivity contribution in [3.8, 4) is 0 Å². The van der Waals surface area contributed by atoms with Gasteiger partial charge in [0.15, 0.2) is 0 Å². The maximum atomic E-state index is 10.7. The van der Waals surface area contributed by atoms with Gasteiger partial charge in [0.1, 0.15) is 0 Å². The molecule has 2 heteroatoms. The number of aryl methyl sites for hydroxylation is 1. The monoisotopic (exact) mass is 287 g/mol. The quantitative estimate of drug-likeness (QED) is 0.823. The van der Waals surface area contributed by atoms with Crippen molar-refractivity contribution in [3.05, 3.63) is 35.4 Å². The van der Waals surface area contributed by atoms with Crippen LogP contribution in [-0.4, -0.2) is 23.3 Å². The Kier molecular flexibility index (Phi) is 4.66. The van der Waals surface area contributed by atoms with Gasteiger partial charge in [-0.1, -0.05) is 49.9 Å². The van der Waals surface area contributed by atoms with Crippen LogP contribution in [0.25, 0.3) is 0 Å². The van der Waals surface area contributed by atoms with Crippen molar-refractivity contribution in [1.29, 1.82) is 0 Å². The number of benzene rings is 1. The summed E-state index contributed by atoms with van der Waals surface area (Å²) in [6.45, 7) is 3.00. The van der Waals surface area contributed by atoms with Gasteiger partial charge in [0.05, 0.1) is 5.60 Å². The van der Waals surface area contributed by atoms with Crippen LogP contribution in [-0.2, 0) is 0 Å². The van der Waals surface area contributed by atoms with Gasteiger partial charge in [0, 0.05) is 12.6 Å². The largest absolute Gasteiger partial charge is 0.389 e. The second-order valence-electron chi connectivity index (χ2n) is 7.24. The number of rotatable bonds is 4.